The Kier molecular flexibility index (Phi) is 5.30. The van der Waals surface area contributed by atoms with Gasteiger partial charge in [0, 0.05) is 18.5 Å². The molecule has 0 unspecified atom stereocenters. The Bertz CT molecular complexity index is 932. The quantitative estimate of drug-likeness (QED) is 0.793. The van der Waals surface area contributed by atoms with Crippen LogP contribution in [-0.2, 0) is 14.6 Å². The summed E-state index contributed by atoms with van der Waals surface area (Å²) in [6.45, 7) is 0.0253. The van der Waals surface area contributed by atoms with Gasteiger partial charge in [-0.2, -0.15) is 0 Å². The van der Waals surface area contributed by atoms with Crippen LogP contribution >= 0.6 is 0 Å². The van der Waals surface area contributed by atoms with Gasteiger partial charge < -0.3 is 19.2 Å². The van der Waals surface area contributed by atoms with Gasteiger partial charge >= 0.3 is 0 Å². The second-order valence-electron chi connectivity index (χ2n) is 7.14. The molecule has 28 heavy (non-hydrogen) atoms. The molecule has 7 nitrogen and oxygen atoms in total. The van der Waals surface area contributed by atoms with Crippen molar-refractivity contribution >= 4 is 15.7 Å². The van der Waals surface area contributed by atoms with Crippen molar-refractivity contribution in [3.05, 3.63) is 42.4 Å². The monoisotopic (exact) mass is 405 g/mol. The van der Waals surface area contributed by atoms with Crippen LogP contribution in [0.5, 0.6) is 11.5 Å². The van der Waals surface area contributed by atoms with Crippen LogP contribution in [0.1, 0.15) is 43.1 Å². The standard InChI is InChI=1S/C20H23NO6S/c22-20(14-5-2-1-3-6-14)21-12-19(17-7-4-10-25-17)28(23,24)15-8-9-16-18(11-15)27-13-26-16/h4,7-11,14,19H,1-3,5-6,12-13H2,(H,21,22)/t19-/m0/s1. The van der Waals surface area contributed by atoms with Crippen molar-refractivity contribution in [3.8, 4) is 11.5 Å². The molecule has 2 heterocycles. The molecule has 2 aliphatic rings. The first-order valence-electron chi connectivity index (χ1n) is 9.50. The topological polar surface area (TPSA) is 94.8 Å². The summed E-state index contributed by atoms with van der Waals surface area (Å²) >= 11 is 0. The first kappa shape index (κ1) is 18.9. The Morgan fingerprint density at radius 3 is 2.64 bits per heavy atom. The Hall–Kier alpha value is -2.48. The van der Waals surface area contributed by atoms with Crippen LogP contribution < -0.4 is 14.8 Å². The fraction of sp³-hybridized carbons (Fsp3) is 0.450. The fourth-order valence-corrected chi connectivity index (χ4v) is 5.36. The predicted octanol–water partition coefficient (Wildman–Crippen LogP) is 3.22. The number of furan rings is 1. The lowest BCUT2D eigenvalue weighted by Gasteiger charge is -2.22. The van der Waals surface area contributed by atoms with Crippen LogP contribution in [0.15, 0.2) is 45.9 Å². The highest BCUT2D eigenvalue weighted by molar-refractivity contribution is 7.91. The number of rotatable bonds is 6. The van der Waals surface area contributed by atoms with Crippen molar-refractivity contribution in [2.45, 2.75) is 42.2 Å². The van der Waals surface area contributed by atoms with Crippen LogP contribution in [0.3, 0.4) is 0 Å². The van der Waals surface area contributed by atoms with E-state index in [1.165, 1.54) is 18.4 Å². The molecule has 1 atom stereocenters. The maximum absolute atomic E-state index is 13.3. The third kappa shape index (κ3) is 3.73. The third-order valence-corrected chi connectivity index (χ3v) is 7.40. The summed E-state index contributed by atoms with van der Waals surface area (Å²) in [6, 6.07) is 7.77. The minimum Gasteiger partial charge on any atom is -0.468 e. The van der Waals surface area contributed by atoms with E-state index in [-0.39, 0.29) is 30.1 Å². The second kappa shape index (κ2) is 7.87. The number of fused-ring (bicyclic) bond motifs is 1. The molecule has 1 aliphatic carbocycles. The van der Waals surface area contributed by atoms with Gasteiger partial charge in [0.15, 0.2) is 21.3 Å². The van der Waals surface area contributed by atoms with E-state index in [2.05, 4.69) is 5.32 Å². The molecular weight excluding hydrogens is 382 g/mol. The van der Waals surface area contributed by atoms with Crippen LogP contribution in [-0.4, -0.2) is 27.7 Å². The van der Waals surface area contributed by atoms with Gasteiger partial charge in [-0.1, -0.05) is 19.3 Å². The number of carbonyl (C=O) groups excluding carboxylic acids is 1. The van der Waals surface area contributed by atoms with Crippen LogP contribution in [0, 0.1) is 5.92 Å². The van der Waals surface area contributed by atoms with E-state index >= 15 is 0 Å². The van der Waals surface area contributed by atoms with Crippen molar-refractivity contribution in [3.63, 3.8) is 0 Å². The first-order chi connectivity index (χ1) is 13.6. The molecule has 4 rings (SSSR count). The average molecular weight is 405 g/mol. The van der Waals surface area contributed by atoms with E-state index in [0.717, 1.165) is 32.1 Å². The summed E-state index contributed by atoms with van der Waals surface area (Å²) in [5.41, 5.74) is 0. The van der Waals surface area contributed by atoms with E-state index in [4.69, 9.17) is 13.9 Å². The summed E-state index contributed by atoms with van der Waals surface area (Å²) in [4.78, 5) is 12.6. The molecule has 1 aromatic carbocycles. The van der Waals surface area contributed by atoms with Gasteiger partial charge in [-0.15, -0.1) is 0 Å². The highest BCUT2D eigenvalue weighted by Gasteiger charge is 2.34. The molecule has 1 amide bonds. The number of hydrogen-bond acceptors (Lipinski definition) is 6. The summed E-state index contributed by atoms with van der Waals surface area (Å²) in [5, 5.41) is 1.82. The van der Waals surface area contributed by atoms with Crippen LogP contribution in [0.2, 0.25) is 0 Å². The molecular formula is C20H23NO6S. The van der Waals surface area contributed by atoms with Crippen molar-refractivity contribution in [1.29, 1.82) is 0 Å². The molecule has 2 aromatic rings. The SMILES string of the molecule is O=C(NC[C@@H](c1ccco1)S(=O)(=O)c1ccc2c(c1)OCO2)C1CCCCC1. The molecule has 1 N–H and O–H groups in total. The average Bonchev–Trinajstić information content (AvgIpc) is 3.40. The van der Waals surface area contributed by atoms with Crippen molar-refractivity contribution in [2.75, 3.05) is 13.3 Å². The summed E-state index contributed by atoms with van der Waals surface area (Å²) in [7, 11) is -3.82. The Balaban J connectivity index is 1.56. The number of carbonyl (C=O) groups is 1. The number of amides is 1. The van der Waals surface area contributed by atoms with Crippen LogP contribution in [0.25, 0.3) is 0 Å². The van der Waals surface area contributed by atoms with E-state index in [9.17, 15) is 13.2 Å². The molecule has 150 valence electrons. The van der Waals surface area contributed by atoms with E-state index in [1.807, 2.05) is 0 Å². The number of benzene rings is 1. The molecule has 0 bridgehead atoms. The van der Waals surface area contributed by atoms with E-state index < -0.39 is 15.1 Å². The number of hydrogen-bond donors (Lipinski definition) is 1. The Labute approximate surface area is 163 Å². The second-order valence-corrected chi connectivity index (χ2v) is 9.27. The zero-order valence-electron chi connectivity index (χ0n) is 15.4. The molecule has 1 fully saturated rings. The van der Waals surface area contributed by atoms with Gasteiger partial charge in [0.25, 0.3) is 0 Å². The lowest BCUT2D eigenvalue weighted by atomic mass is 9.89. The molecule has 1 saturated carbocycles. The molecule has 8 heteroatoms. The summed E-state index contributed by atoms with van der Waals surface area (Å²) in [6.07, 6.45) is 6.36. The molecule has 1 aromatic heterocycles. The normalized spacial score (nSPS) is 18.0. The highest BCUT2D eigenvalue weighted by Crippen LogP contribution is 2.37. The molecule has 1 aliphatic heterocycles. The van der Waals surface area contributed by atoms with E-state index in [0.29, 0.717) is 17.3 Å². The zero-order chi connectivity index (χ0) is 19.6. The molecule has 0 spiro atoms. The molecule has 0 saturated heterocycles. The minimum atomic E-state index is -3.82. The van der Waals surface area contributed by atoms with Crippen molar-refractivity contribution in [1.82, 2.24) is 5.32 Å². The lowest BCUT2D eigenvalue weighted by Crippen LogP contribution is -2.36. The largest absolute Gasteiger partial charge is 0.468 e. The van der Waals surface area contributed by atoms with Gasteiger partial charge in [0.2, 0.25) is 12.7 Å². The van der Waals surface area contributed by atoms with Crippen molar-refractivity contribution < 1.29 is 27.1 Å². The van der Waals surface area contributed by atoms with E-state index in [1.54, 1.807) is 18.2 Å². The predicted molar refractivity (Wildman–Crippen MR) is 101 cm³/mol. The Morgan fingerprint density at radius 2 is 1.89 bits per heavy atom. The maximum atomic E-state index is 13.3. The van der Waals surface area contributed by atoms with Crippen molar-refractivity contribution in [2.24, 2.45) is 5.92 Å². The zero-order valence-corrected chi connectivity index (χ0v) is 16.2. The lowest BCUT2D eigenvalue weighted by molar-refractivity contribution is -0.125. The van der Waals surface area contributed by atoms with Crippen LogP contribution in [0.4, 0.5) is 0 Å². The first-order valence-corrected chi connectivity index (χ1v) is 11.0. The number of ether oxygens (including phenoxy) is 2. The van der Waals surface area contributed by atoms with Gasteiger partial charge in [-0.3, -0.25) is 4.79 Å². The smallest absolute Gasteiger partial charge is 0.231 e. The number of sulfone groups is 1. The number of nitrogens with one attached hydrogen (secondary N) is 1. The van der Waals surface area contributed by atoms with Gasteiger partial charge in [0.1, 0.15) is 11.0 Å². The maximum Gasteiger partial charge on any atom is 0.231 e. The molecule has 0 radical (unpaired) electrons. The van der Waals surface area contributed by atoms with Gasteiger partial charge in [-0.25, -0.2) is 8.42 Å². The fourth-order valence-electron chi connectivity index (χ4n) is 3.76. The minimum absolute atomic E-state index is 0.0420. The summed E-state index contributed by atoms with van der Waals surface area (Å²) < 4.78 is 42.6. The third-order valence-electron chi connectivity index (χ3n) is 5.35. The Morgan fingerprint density at radius 1 is 1.11 bits per heavy atom. The highest BCUT2D eigenvalue weighted by atomic mass is 32.2. The summed E-state index contributed by atoms with van der Waals surface area (Å²) in [5.74, 6) is 1.07. The van der Waals surface area contributed by atoms with Gasteiger partial charge in [0.05, 0.1) is 11.2 Å². The van der Waals surface area contributed by atoms with Gasteiger partial charge in [-0.05, 0) is 37.1 Å².